The van der Waals surface area contributed by atoms with Crippen molar-refractivity contribution in [2.75, 3.05) is 6.54 Å². The van der Waals surface area contributed by atoms with Crippen LogP contribution in [0.4, 0.5) is 0 Å². The highest BCUT2D eigenvalue weighted by Gasteiger charge is 2.33. The number of benzene rings is 2. The summed E-state index contributed by atoms with van der Waals surface area (Å²) in [5.41, 5.74) is 0.811. The average Bonchev–Trinajstić information content (AvgIpc) is 2.69. The molecule has 0 aliphatic rings. The van der Waals surface area contributed by atoms with Crippen molar-refractivity contribution in [1.82, 2.24) is 5.32 Å². The Morgan fingerprint density at radius 1 is 1.10 bits per heavy atom. The second-order valence-electron chi connectivity index (χ2n) is 6.36. The summed E-state index contributed by atoms with van der Waals surface area (Å²) in [6, 6.07) is 15.0. The van der Waals surface area contributed by atoms with E-state index in [9.17, 15) is 18.0 Å². The number of rotatable bonds is 10. The zero-order valence-electron chi connectivity index (χ0n) is 15.7. The molecule has 1 unspecified atom stereocenters. The molecule has 0 aromatic heterocycles. The van der Waals surface area contributed by atoms with Gasteiger partial charge >= 0.3 is 5.97 Å². The molecule has 0 radical (unpaired) electrons. The van der Waals surface area contributed by atoms with Gasteiger partial charge in [0.25, 0.3) is 10.1 Å². The molecule has 0 saturated carbocycles. The van der Waals surface area contributed by atoms with Crippen LogP contribution in [0.3, 0.4) is 0 Å². The maximum absolute atomic E-state index is 12.7. The lowest BCUT2D eigenvalue weighted by Crippen LogP contribution is -2.42. The molecule has 0 fully saturated rings. The summed E-state index contributed by atoms with van der Waals surface area (Å²) in [6.45, 7) is 1.16. The summed E-state index contributed by atoms with van der Waals surface area (Å²) in [5, 5.41) is 11.2. The van der Waals surface area contributed by atoms with Gasteiger partial charge in [-0.1, -0.05) is 53.2 Å². The zero-order chi connectivity index (χ0) is 21.4. The molecule has 2 atom stereocenters. The van der Waals surface area contributed by atoms with Crippen LogP contribution in [0.1, 0.15) is 18.9 Å². The number of carbonyl (C=O) groups excluding carboxylic acids is 1. The molecule has 0 aliphatic heterocycles. The molecule has 0 bridgehead atoms. The van der Waals surface area contributed by atoms with Crippen LogP contribution in [0.25, 0.3) is 0 Å². The van der Waals surface area contributed by atoms with E-state index in [0.29, 0.717) is 0 Å². The van der Waals surface area contributed by atoms with Gasteiger partial charge in [0.15, 0.2) is 0 Å². The number of hydrogen-bond donors (Lipinski definition) is 2. The van der Waals surface area contributed by atoms with Crippen molar-refractivity contribution in [3.8, 4) is 0 Å². The lowest BCUT2D eigenvalue weighted by molar-refractivity contribution is -0.139. The van der Waals surface area contributed by atoms with Crippen LogP contribution in [-0.2, 0) is 30.3 Å². The molecule has 1 amide bonds. The van der Waals surface area contributed by atoms with Crippen LogP contribution in [0.2, 0.25) is 0 Å². The van der Waals surface area contributed by atoms with E-state index in [1.165, 1.54) is 12.1 Å². The van der Waals surface area contributed by atoms with E-state index in [2.05, 4.69) is 21.2 Å². The molecule has 9 heteroatoms. The number of carboxylic acids is 1. The third-order valence-electron chi connectivity index (χ3n) is 4.25. The first-order valence-corrected chi connectivity index (χ1v) is 11.2. The third kappa shape index (κ3) is 6.95. The molecule has 2 aromatic carbocycles. The van der Waals surface area contributed by atoms with Gasteiger partial charge in [0.1, 0.15) is 6.54 Å². The molecule has 0 saturated heterocycles. The Bertz CT molecular complexity index is 931. The SMILES string of the molecule is CCC(OS(=O)(=O)c1ccc(Br)cc1)[C@H](Cc1ccccc1)C(=O)NCC(=O)O. The minimum atomic E-state index is -4.11. The number of aliphatic carboxylic acids is 1. The van der Waals surface area contributed by atoms with Crippen molar-refractivity contribution in [3.63, 3.8) is 0 Å². The van der Waals surface area contributed by atoms with Gasteiger partial charge in [-0.25, -0.2) is 0 Å². The minimum absolute atomic E-state index is 0.0245. The van der Waals surface area contributed by atoms with Crippen molar-refractivity contribution < 1.29 is 27.3 Å². The first kappa shape index (κ1) is 23.1. The number of halogens is 1. The quantitative estimate of drug-likeness (QED) is 0.502. The fourth-order valence-corrected chi connectivity index (χ4v) is 4.23. The number of hydrogen-bond acceptors (Lipinski definition) is 5. The highest BCUT2D eigenvalue weighted by Crippen LogP contribution is 2.24. The Morgan fingerprint density at radius 2 is 1.72 bits per heavy atom. The van der Waals surface area contributed by atoms with Crippen molar-refractivity contribution in [3.05, 3.63) is 64.6 Å². The Kier molecular flexibility index (Phi) is 8.36. The van der Waals surface area contributed by atoms with Gasteiger partial charge in [-0.15, -0.1) is 0 Å². The van der Waals surface area contributed by atoms with Crippen LogP contribution in [0.15, 0.2) is 64.0 Å². The summed E-state index contributed by atoms with van der Waals surface area (Å²) < 4.78 is 31.5. The molecular weight excluding hydrogens is 462 g/mol. The van der Waals surface area contributed by atoms with Crippen LogP contribution >= 0.6 is 15.9 Å². The van der Waals surface area contributed by atoms with E-state index < -0.39 is 40.6 Å². The predicted molar refractivity (Wildman–Crippen MR) is 111 cm³/mol. The molecular formula is C20H22BrNO6S. The van der Waals surface area contributed by atoms with Gasteiger partial charge < -0.3 is 10.4 Å². The summed E-state index contributed by atoms with van der Waals surface area (Å²) in [5.74, 6) is -2.64. The van der Waals surface area contributed by atoms with E-state index >= 15 is 0 Å². The van der Waals surface area contributed by atoms with Crippen LogP contribution in [-0.4, -0.2) is 38.0 Å². The summed E-state index contributed by atoms with van der Waals surface area (Å²) in [6.07, 6.45) is -0.508. The van der Waals surface area contributed by atoms with E-state index in [0.717, 1.165) is 10.0 Å². The largest absolute Gasteiger partial charge is 0.480 e. The lowest BCUT2D eigenvalue weighted by Gasteiger charge is -2.25. The molecule has 0 heterocycles. The van der Waals surface area contributed by atoms with Gasteiger partial charge in [-0.05, 0) is 42.7 Å². The molecule has 2 aromatic rings. The first-order chi connectivity index (χ1) is 13.7. The molecule has 0 aliphatic carbocycles. The van der Waals surface area contributed by atoms with Gasteiger partial charge in [0.2, 0.25) is 5.91 Å². The maximum Gasteiger partial charge on any atom is 0.322 e. The Labute approximate surface area is 178 Å². The molecule has 2 rings (SSSR count). The Hall–Kier alpha value is -2.23. The Morgan fingerprint density at radius 3 is 2.28 bits per heavy atom. The number of nitrogens with one attached hydrogen (secondary N) is 1. The van der Waals surface area contributed by atoms with Crippen LogP contribution in [0, 0.1) is 5.92 Å². The normalized spacial score (nSPS) is 13.4. The highest BCUT2D eigenvalue weighted by molar-refractivity contribution is 9.10. The second-order valence-corrected chi connectivity index (χ2v) is 8.85. The fourth-order valence-electron chi connectivity index (χ4n) is 2.79. The third-order valence-corrected chi connectivity index (χ3v) is 6.13. The standard InChI is InChI=1S/C20H22BrNO6S/c1-2-18(28-29(26,27)16-10-8-15(21)9-11-16)17(20(25)22-13-19(23)24)12-14-6-4-3-5-7-14/h3-11,17-18H,2,12-13H2,1H3,(H,22,25)(H,23,24)/t17-,18?/m0/s1. The highest BCUT2D eigenvalue weighted by atomic mass is 79.9. The maximum atomic E-state index is 12.7. The van der Waals surface area contributed by atoms with E-state index in [1.54, 1.807) is 19.1 Å². The van der Waals surface area contributed by atoms with Crippen LogP contribution < -0.4 is 5.32 Å². The van der Waals surface area contributed by atoms with Gasteiger partial charge in [0, 0.05) is 4.47 Å². The summed E-state index contributed by atoms with van der Waals surface area (Å²) in [4.78, 5) is 23.5. The monoisotopic (exact) mass is 483 g/mol. The number of carbonyl (C=O) groups is 2. The smallest absolute Gasteiger partial charge is 0.322 e. The molecule has 0 spiro atoms. The van der Waals surface area contributed by atoms with Crippen molar-refractivity contribution >= 4 is 37.9 Å². The van der Waals surface area contributed by atoms with Gasteiger partial charge in [-0.2, -0.15) is 8.42 Å². The fraction of sp³-hybridized carbons (Fsp3) is 0.300. The van der Waals surface area contributed by atoms with Gasteiger partial charge in [0.05, 0.1) is 16.9 Å². The number of amides is 1. The topological polar surface area (TPSA) is 110 Å². The molecule has 156 valence electrons. The summed E-state index contributed by atoms with van der Waals surface area (Å²) >= 11 is 3.25. The average molecular weight is 484 g/mol. The second kappa shape index (κ2) is 10.5. The summed E-state index contributed by atoms with van der Waals surface area (Å²) in [7, 11) is -4.11. The Balaban J connectivity index is 2.28. The van der Waals surface area contributed by atoms with Crippen molar-refractivity contribution in [1.29, 1.82) is 0 Å². The van der Waals surface area contributed by atoms with E-state index in [1.807, 2.05) is 30.3 Å². The molecule has 2 N–H and O–H groups in total. The lowest BCUT2D eigenvalue weighted by atomic mass is 9.91. The number of carboxylic acid groups (broad SMARTS) is 1. The van der Waals surface area contributed by atoms with E-state index in [-0.39, 0.29) is 17.7 Å². The van der Waals surface area contributed by atoms with E-state index in [4.69, 9.17) is 9.29 Å². The first-order valence-electron chi connectivity index (χ1n) is 8.95. The van der Waals surface area contributed by atoms with Gasteiger partial charge in [-0.3, -0.25) is 13.8 Å². The molecule has 7 nitrogen and oxygen atoms in total. The molecule has 29 heavy (non-hydrogen) atoms. The van der Waals surface area contributed by atoms with Crippen LogP contribution in [0.5, 0.6) is 0 Å². The van der Waals surface area contributed by atoms with Crippen molar-refractivity contribution in [2.24, 2.45) is 5.92 Å². The van der Waals surface area contributed by atoms with Crippen molar-refractivity contribution in [2.45, 2.75) is 30.8 Å². The minimum Gasteiger partial charge on any atom is -0.480 e. The zero-order valence-corrected chi connectivity index (χ0v) is 18.1. The predicted octanol–water partition coefficient (Wildman–Crippen LogP) is 2.99.